The Labute approximate surface area is 95.6 Å². The maximum Gasteiger partial charge on any atom is 0.376 e. The van der Waals surface area contributed by atoms with Crippen molar-refractivity contribution in [3.05, 3.63) is 18.2 Å². The summed E-state index contributed by atoms with van der Waals surface area (Å²) < 4.78 is 6.50. The molecule has 0 bridgehead atoms. The van der Waals surface area contributed by atoms with Crippen LogP contribution in [0.1, 0.15) is 50.1 Å². The van der Waals surface area contributed by atoms with Crippen LogP contribution in [0.4, 0.5) is 0 Å². The molecule has 1 heterocycles. The molecule has 5 nitrogen and oxygen atoms in total. The van der Waals surface area contributed by atoms with Gasteiger partial charge in [0.05, 0.1) is 0 Å². The van der Waals surface area contributed by atoms with E-state index in [0.29, 0.717) is 0 Å². The van der Waals surface area contributed by atoms with Gasteiger partial charge in [0.25, 0.3) is 0 Å². The number of carbonyl (C=O) groups is 1. The minimum absolute atomic E-state index is 0.0378. The fraction of sp³-hybridized carbons (Fsp3) is 0.636. The lowest BCUT2D eigenvalue weighted by molar-refractivity contribution is 0.0251. The summed E-state index contributed by atoms with van der Waals surface area (Å²) in [5, 5.41) is 0. The molecule has 0 aliphatic heterocycles. The van der Waals surface area contributed by atoms with Crippen molar-refractivity contribution in [1.29, 1.82) is 0 Å². The standard InChI is InChI=1S/C11H19N3O2/c1-3-5-6-9(4-2)16-11(15)10-13-7-8-14(10)12/h7-9H,3-6,12H2,1-2H3. The smallest absolute Gasteiger partial charge is 0.376 e. The van der Waals surface area contributed by atoms with Crippen molar-refractivity contribution in [2.75, 3.05) is 5.84 Å². The summed E-state index contributed by atoms with van der Waals surface area (Å²) in [5.41, 5.74) is 0. The topological polar surface area (TPSA) is 70.1 Å². The van der Waals surface area contributed by atoms with E-state index in [1.807, 2.05) is 6.92 Å². The molecule has 1 unspecified atom stereocenters. The first kappa shape index (κ1) is 12.5. The van der Waals surface area contributed by atoms with Crippen LogP contribution in [0.2, 0.25) is 0 Å². The lowest BCUT2D eigenvalue weighted by Gasteiger charge is -2.15. The fourth-order valence-electron chi connectivity index (χ4n) is 1.45. The molecule has 1 aromatic rings. The lowest BCUT2D eigenvalue weighted by Crippen LogP contribution is -2.23. The van der Waals surface area contributed by atoms with Gasteiger partial charge in [0, 0.05) is 12.4 Å². The van der Waals surface area contributed by atoms with Gasteiger partial charge < -0.3 is 10.6 Å². The van der Waals surface area contributed by atoms with E-state index in [9.17, 15) is 4.79 Å². The molecule has 1 aromatic heterocycles. The normalized spacial score (nSPS) is 12.4. The third-order valence-electron chi connectivity index (χ3n) is 2.46. The number of imidazole rings is 1. The fourth-order valence-corrected chi connectivity index (χ4v) is 1.45. The second kappa shape index (κ2) is 6.15. The Morgan fingerprint density at radius 1 is 1.62 bits per heavy atom. The summed E-state index contributed by atoms with van der Waals surface area (Å²) in [5.74, 6) is 5.21. The number of esters is 1. The predicted molar refractivity (Wildman–Crippen MR) is 61.4 cm³/mol. The minimum atomic E-state index is -0.449. The molecule has 16 heavy (non-hydrogen) atoms. The van der Waals surface area contributed by atoms with Crippen LogP contribution in [-0.4, -0.2) is 21.7 Å². The van der Waals surface area contributed by atoms with Crippen LogP contribution < -0.4 is 5.84 Å². The van der Waals surface area contributed by atoms with Gasteiger partial charge in [0.1, 0.15) is 6.10 Å². The molecule has 0 saturated carbocycles. The number of hydrogen-bond donors (Lipinski definition) is 1. The second-order valence-corrected chi connectivity index (χ2v) is 3.74. The summed E-state index contributed by atoms with van der Waals surface area (Å²) in [4.78, 5) is 15.5. The molecule has 0 spiro atoms. The summed E-state index contributed by atoms with van der Waals surface area (Å²) in [6.07, 6.45) is 6.82. The van der Waals surface area contributed by atoms with Gasteiger partial charge in [-0.25, -0.2) is 14.5 Å². The van der Waals surface area contributed by atoms with E-state index < -0.39 is 5.97 Å². The number of nitrogens with two attached hydrogens (primary N) is 1. The number of nitrogens with zero attached hydrogens (tertiary/aromatic N) is 2. The summed E-state index contributed by atoms with van der Waals surface area (Å²) >= 11 is 0. The number of ether oxygens (including phenoxy) is 1. The average Bonchev–Trinajstić information content (AvgIpc) is 2.70. The molecule has 90 valence electrons. The first-order valence-electron chi connectivity index (χ1n) is 5.68. The largest absolute Gasteiger partial charge is 0.457 e. The lowest BCUT2D eigenvalue weighted by atomic mass is 10.1. The van der Waals surface area contributed by atoms with E-state index in [1.54, 1.807) is 0 Å². The maximum atomic E-state index is 11.7. The van der Waals surface area contributed by atoms with Crippen molar-refractivity contribution < 1.29 is 9.53 Å². The van der Waals surface area contributed by atoms with Crippen LogP contribution in [0, 0.1) is 0 Å². The number of unbranched alkanes of at least 4 members (excludes halogenated alkanes) is 1. The molecule has 0 amide bonds. The van der Waals surface area contributed by atoms with Gasteiger partial charge in [0.2, 0.25) is 5.82 Å². The van der Waals surface area contributed by atoms with E-state index in [1.165, 1.54) is 17.1 Å². The monoisotopic (exact) mass is 225 g/mol. The zero-order valence-corrected chi connectivity index (χ0v) is 9.85. The Balaban J connectivity index is 2.52. The molecule has 2 N–H and O–H groups in total. The van der Waals surface area contributed by atoms with E-state index >= 15 is 0 Å². The average molecular weight is 225 g/mol. The van der Waals surface area contributed by atoms with E-state index in [0.717, 1.165) is 25.7 Å². The maximum absolute atomic E-state index is 11.7. The molecule has 0 aliphatic carbocycles. The molecule has 5 heteroatoms. The van der Waals surface area contributed by atoms with Crippen molar-refractivity contribution in [3.8, 4) is 0 Å². The summed E-state index contributed by atoms with van der Waals surface area (Å²) in [6, 6.07) is 0. The van der Waals surface area contributed by atoms with E-state index in [4.69, 9.17) is 10.6 Å². The molecule has 1 atom stereocenters. The van der Waals surface area contributed by atoms with Crippen LogP contribution in [0.25, 0.3) is 0 Å². The van der Waals surface area contributed by atoms with Gasteiger partial charge in [-0.3, -0.25) is 0 Å². The van der Waals surface area contributed by atoms with Crippen molar-refractivity contribution in [2.45, 2.75) is 45.6 Å². The Kier molecular flexibility index (Phi) is 4.82. The highest BCUT2D eigenvalue weighted by atomic mass is 16.5. The highest BCUT2D eigenvalue weighted by Crippen LogP contribution is 2.10. The molecule has 1 rings (SSSR count). The van der Waals surface area contributed by atoms with Crippen LogP contribution >= 0.6 is 0 Å². The molecule has 0 aliphatic rings. The third-order valence-corrected chi connectivity index (χ3v) is 2.46. The van der Waals surface area contributed by atoms with Crippen LogP contribution in [0.15, 0.2) is 12.4 Å². The SMILES string of the molecule is CCCCC(CC)OC(=O)c1nccn1N. The van der Waals surface area contributed by atoms with Gasteiger partial charge in [-0.2, -0.15) is 0 Å². The molecule has 0 saturated heterocycles. The molecule has 0 radical (unpaired) electrons. The first-order valence-corrected chi connectivity index (χ1v) is 5.68. The van der Waals surface area contributed by atoms with Crippen LogP contribution in [-0.2, 0) is 4.74 Å². The Bertz CT molecular complexity index is 336. The third kappa shape index (κ3) is 3.25. The zero-order valence-electron chi connectivity index (χ0n) is 9.85. The van der Waals surface area contributed by atoms with Crippen molar-refractivity contribution in [3.63, 3.8) is 0 Å². The second-order valence-electron chi connectivity index (χ2n) is 3.74. The molecular formula is C11H19N3O2. The highest BCUT2D eigenvalue weighted by Gasteiger charge is 2.17. The first-order chi connectivity index (χ1) is 7.69. The van der Waals surface area contributed by atoms with Crippen molar-refractivity contribution in [1.82, 2.24) is 9.66 Å². The summed E-state index contributed by atoms with van der Waals surface area (Å²) in [7, 11) is 0. The summed E-state index contributed by atoms with van der Waals surface area (Å²) in [6.45, 7) is 4.11. The van der Waals surface area contributed by atoms with Gasteiger partial charge in [-0.1, -0.05) is 26.7 Å². The molecular weight excluding hydrogens is 206 g/mol. The number of nitrogen functional groups attached to an aromatic ring is 1. The van der Waals surface area contributed by atoms with E-state index in [-0.39, 0.29) is 11.9 Å². The highest BCUT2D eigenvalue weighted by molar-refractivity contribution is 5.85. The predicted octanol–water partition coefficient (Wildman–Crippen LogP) is 1.72. The van der Waals surface area contributed by atoms with Crippen LogP contribution in [0.5, 0.6) is 0 Å². The van der Waals surface area contributed by atoms with Gasteiger partial charge in [-0.05, 0) is 12.8 Å². The molecule has 0 aromatic carbocycles. The minimum Gasteiger partial charge on any atom is -0.457 e. The zero-order chi connectivity index (χ0) is 12.0. The number of carbonyl (C=O) groups excluding carboxylic acids is 1. The Morgan fingerprint density at radius 3 is 2.88 bits per heavy atom. The van der Waals surface area contributed by atoms with E-state index in [2.05, 4.69) is 11.9 Å². The number of rotatable bonds is 6. The van der Waals surface area contributed by atoms with Gasteiger partial charge in [0.15, 0.2) is 0 Å². The van der Waals surface area contributed by atoms with Crippen molar-refractivity contribution in [2.24, 2.45) is 0 Å². The Hall–Kier alpha value is -1.52. The Morgan fingerprint density at radius 2 is 2.38 bits per heavy atom. The molecule has 0 fully saturated rings. The van der Waals surface area contributed by atoms with Crippen molar-refractivity contribution >= 4 is 5.97 Å². The number of hydrogen-bond acceptors (Lipinski definition) is 4. The van der Waals surface area contributed by atoms with Crippen LogP contribution in [0.3, 0.4) is 0 Å². The van der Waals surface area contributed by atoms with Gasteiger partial charge >= 0.3 is 5.97 Å². The quantitative estimate of drug-likeness (QED) is 0.591. The number of aromatic nitrogens is 2. The van der Waals surface area contributed by atoms with Gasteiger partial charge in [-0.15, -0.1) is 0 Å².